The van der Waals surface area contributed by atoms with Crippen LogP contribution in [0.3, 0.4) is 0 Å². The molecule has 0 radical (unpaired) electrons. The molecular formula is C23H31N3O3S. The van der Waals surface area contributed by atoms with Crippen LogP contribution in [0.1, 0.15) is 30.4 Å². The fraction of sp³-hybridized carbons (Fsp3) is 0.435. The van der Waals surface area contributed by atoms with Gasteiger partial charge in [0, 0.05) is 45.8 Å². The molecule has 2 aromatic carbocycles. The lowest BCUT2D eigenvalue weighted by Gasteiger charge is -2.31. The Balaban J connectivity index is 1.46. The van der Waals surface area contributed by atoms with Gasteiger partial charge in [0.05, 0.1) is 4.90 Å². The van der Waals surface area contributed by atoms with Crippen molar-refractivity contribution >= 4 is 21.6 Å². The minimum atomic E-state index is -3.46. The van der Waals surface area contributed by atoms with Gasteiger partial charge in [0.15, 0.2) is 0 Å². The zero-order valence-corrected chi connectivity index (χ0v) is 18.8. The second kappa shape index (κ2) is 9.62. The fourth-order valence-electron chi connectivity index (χ4n) is 3.66. The van der Waals surface area contributed by atoms with E-state index < -0.39 is 10.0 Å². The van der Waals surface area contributed by atoms with Crippen molar-refractivity contribution in [2.75, 3.05) is 32.1 Å². The Morgan fingerprint density at radius 1 is 1.03 bits per heavy atom. The largest absolute Gasteiger partial charge is 0.378 e. The number of nitrogens with zero attached hydrogens (tertiary/aromatic N) is 2. The summed E-state index contributed by atoms with van der Waals surface area (Å²) >= 11 is 0. The van der Waals surface area contributed by atoms with Gasteiger partial charge >= 0.3 is 0 Å². The van der Waals surface area contributed by atoms with Gasteiger partial charge in [-0.1, -0.05) is 29.8 Å². The van der Waals surface area contributed by atoms with Crippen LogP contribution in [0, 0.1) is 12.8 Å². The SMILES string of the molecule is Cc1ccc(S(=O)(=O)N2CCC(CC(=O)NCc3ccc(N(C)C)cc3)CC2)cc1. The van der Waals surface area contributed by atoms with Gasteiger partial charge in [-0.25, -0.2) is 8.42 Å². The number of amides is 1. The first-order valence-electron chi connectivity index (χ1n) is 10.4. The van der Waals surface area contributed by atoms with Crippen LogP contribution < -0.4 is 10.2 Å². The number of hydrogen-bond donors (Lipinski definition) is 1. The molecule has 1 fully saturated rings. The maximum atomic E-state index is 12.8. The number of sulfonamides is 1. The van der Waals surface area contributed by atoms with E-state index in [1.807, 2.05) is 62.3 Å². The van der Waals surface area contributed by atoms with E-state index in [-0.39, 0.29) is 11.8 Å². The Hall–Kier alpha value is -2.38. The van der Waals surface area contributed by atoms with Gasteiger partial charge in [-0.3, -0.25) is 4.79 Å². The lowest BCUT2D eigenvalue weighted by atomic mass is 9.94. The molecule has 1 aliphatic heterocycles. The van der Waals surface area contributed by atoms with Crippen molar-refractivity contribution in [1.29, 1.82) is 0 Å². The fourth-order valence-corrected chi connectivity index (χ4v) is 5.13. The monoisotopic (exact) mass is 429 g/mol. The van der Waals surface area contributed by atoms with Gasteiger partial charge in [-0.2, -0.15) is 4.31 Å². The van der Waals surface area contributed by atoms with Crippen molar-refractivity contribution in [2.24, 2.45) is 5.92 Å². The molecule has 1 amide bonds. The Bertz CT molecular complexity index is 946. The lowest BCUT2D eigenvalue weighted by molar-refractivity contribution is -0.122. The summed E-state index contributed by atoms with van der Waals surface area (Å²) in [5, 5.41) is 2.98. The highest BCUT2D eigenvalue weighted by Gasteiger charge is 2.30. The number of hydrogen-bond acceptors (Lipinski definition) is 4. The highest BCUT2D eigenvalue weighted by Crippen LogP contribution is 2.26. The summed E-state index contributed by atoms with van der Waals surface area (Å²) in [6.45, 7) is 3.36. The van der Waals surface area contributed by atoms with Gasteiger partial charge in [0.1, 0.15) is 0 Å². The average molecular weight is 430 g/mol. The summed E-state index contributed by atoms with van der Waals surface area (Å²) in [4.78, 5) is 14.7. The molecule has 1 saturated heterocycles. The van der Waals surface area contributed by atoms with Gasteiger partial charge in [-0.15, -0.1) is 0 Å². The lowest BCUT2D eigenvalue weighted by Crippen LogP contribution is -2.39. The molecule has 30 heavy (non-hydrogen) atoms. The van der Waals surface area contributed by atoms with E-state index >= 15 is 0 Å². The first kappa shape index (κ1) is 22.3. The molecule has 162 valence electrons. The second-order valence-electron chi connectivity index (χ2n) is 8.20. The van der Waals surface area contributed by atoms with Crippen LogP contribution in [-0.4, -0.2) is 45.8 Å². The molecule has 0 atom stereocenters. The molecule has 1 N–H and O–H groups in total. The molecule has 7 heteroatoms. The van der Waals surface area contributed by atoms with Crippen LogP contribution in [-0.2, 0) is 21.4 Å². The number of nitrogens with one attached hydrogen (secondary N) is 1. The highest BCUT2D eigenvalue weighted by molar-refractivity contribution is 7.89. The standard InChI is InChI=1S/C23H31N3O3S/c1-18-4-10-22(11-5-18)30(28,29)26-14-12-19(13-15-26)16-23(27)24-17-20-6-8-21(9-7-20)25(2)3/h4-11,19H,12-17H2,1-3H3,(H,24,27). The Labute approximate surface area is 179 Å². The second-order valence-corrected chi connectivity index (χ2v) is 10.1. The third-order valence-electron chi connectivity index (χ3n) is 5.65. The van der Waals surface area contributed by atoms with Crippen LogP contribution in [0.5, 0.6) is 0 Å². The summed E-state index contributed by atoms with van der Waals surface area (Å²) in [5.74, 6) is 0.233. The minimum absolute atomic E-state index is 0.0199. The molecule has 6 nitrogen and oxygen atoms in total. The summed E-state index contributed by atoms with van der Waals surface area (Å²) in [6, 6.07) is 15.1. The molecule has 0 unspecified atom stereocenters. The van der Waals surface area contributed by atoms with Crippen LogP contribution in [0.4, 0.5) is 5.69 Å². The molecule has 0 aromatic heterocycles. The summed E-state index contributed by atoms with van der Waals surface area (Å²) in [6.07, 6.45) is 1.85. The van der Waals surface area contributed by atoms with E-state index in [2.05, 4.69) is 5.32 Å². The topological polar surface area (TPSA) is 69.7 Å². The number of benzene rings is 2. The number of anilines is 1. The smallest absolute Gasteiger partial charge is 0.243 e. The first-order chi connectivity index (χ1) is 14.3. The van der Waals surface area contributed by atoms with Gasteiger partial charge < -0.3 is 10.2 Å². The van der Waals surface area contributed by atoms with Gasteiger partial charge in [0.2, 0.25) is 15.9 Å². The molecule has 1 aliphatic rings. The Morgan fingerprint density at radius 2 is 1.63 bits per heavy atom. The predicted molar refractivity (Wildman–Crippen MR) is 120 cm³/mol. The van der Waals surface area contributed by atoms with Crippen molar-refractivity contribution in [1.82, 2.24) is 9.62 Å². The molecule has 3 rings (SSSR count). The third-order valence-corrected chi connectivity index (χ3v) is 7.56. The van der Waals surface area contributed by atoms with Gasteiger partial charge in [-0.05, 0) is 55.5 Å². The zero-order chi connectivity index (χ0) is 21.7. The molecule has 1 heterocycles. The number of rotatable bonds is 7. The number of aryl methyl sites for hydroxylation is 1. The van der Waals surface area contributed by atoms with Gasteiger partial charge in [0.25, 0.3) is 0 Å². The normalized spacial score (nSPS) is 15.7. The van der Waals surface area contributed by atoms with Crippen LogP contribution in [0.15, 0.2) is 53.4 Å². The van der Waals surface area contributed by atoms with Crippen LogP contribution >= 0.6 is 0 Å². The molecule has 0 aliphatic carbocycles. The van der Waals surface area contributed by atoms with E-state index in [1.165, 1.54) is 0 Å². The number of carbonyl (C=O) groups is 1. The first-order valence-corrected chi connectivity index (χ1v) is 11.8. The minimum Gasteiger partial charge on any atom is -0.378 e. The molecule has 0 bridgehead atoms. The van der Waals surface area contributed by atoms with Crippen LogP contribution in [0.2, 0.25) is 0 Å². The van der Waals surface area contributed by atoms with E-state index in [9.17, 15) is 13.2 Å². The maximum absolute atomic E-state index is 12.8. The predicted octanol–water partition coefficient (Wildman–Crippen LogP) is 3.17. The molecule has 2 aromatic rings. The third kappa shape index (κ3) is 5.61. The maximum Gasteiger partial charge on any atom is 0.243 e. The summed E-state index contributed by atoms with van der Waals surface area (Å²) in [5.41, 5.74) is 3.22. The molecular weight excluding hydrogens is 398 g/mol. The van der Waals surface area contributed by atoms with Crippen LogP contribution in [0.25, 0.3) is 0 Å². The zero-order valence-electron chi connectivity index (χ0n) is 18.0. The average Bonchev–Trinajstić information content (AvgIpc) is 2.73. The number of piperidine rings is 1. The van der Waals surface area contributed by atoms with Crippen molar-refractivity contribution < 1.29 is 13.2 Å². The molecule has 0 spiro atoms. The molecule has 0 saturated carbocycles. The Morgan fingerprint density at radius 3 is 2.20 bits per heavy atom. The highest BCUT2D eigenvalue weighted by atomic mass is 32.2. The quantitative estimate of drug-likeness (QED) is 0.734. The Kier molecular flexibility index (Phi) is 7.15. The number of carbonyl (C=O) groups excluding carboxylic acids is 1. The van der Waals surface area contributed by atoms with Crippen molar-refractivity contribution in [2.45, 2.75) is 37.6 Å². The van der Waals surface area contributed by atoms with Crippen molar-refractivity contribution in [3.8, 4) is 0 Å². The van der Waals surface area contributed by atoms with Crippen molar-refractivity contribution in [3.05, 3.63) is 59.7 Å². The summed E-state index contributed by atoms with van der Waals surface area (Å²) in [7, 11) is 0.531. The van der Waals surface area contributed by atoms with E-state index in [0.717, 1.165) is 16.8 Å². The van der Waals surface area contributed by atoms with Crippen molar-refractivity contribution in [3.63, 3.8) is 0 Å². The van der Waals surface area contributed by atoms with E-state index in [0.29, 0.717) is 43.8 Å². The van der Waals surface area contributed by atoms with E-state index in [4.69, 9.17) is 0 Å². The van der Waals surface area contributed by atoms with E-state index in [1.54, 1.807) is 16.4 Å². The summed E-state index contributed by atoms with van der Waals surface area (Å²) < 4.78 is 27.1.